The van der Waals surface area contributed by atoms with Crippen LogP contribution in [0.15, 0.2) is 78.0 Å². The van der Waals surface area contributed by atoms with Gasteiger partial charge in [-0.1, -0.05) is 39.8 Å². The molecule has 0 aliphatic carbocycles. The Bertz CT molecular complexity index is 1510. The van der Waals surface area contributed by atoms with Gasteiger partial charge in [-0.15, -0.1) is 11.3 Å². The number of carbonyl (C=O) groups is 1. The second-order valence-corrected chi connectivity index (χ2v) is 12.7. The largest absolute Gasteiger partial charge is 0.350 e. The molecular weight excluding hydrogens is 508 g/mol. The van der Waals surface area contributed by atoms with E-state index in [9.17, 15) is 18.4 Å². The zero-order valence-corrected chi connectivity index (χ0v) is 22.6. The summed E-state index contributed by atoms with van der Waals surface area (Å²) in [4.78, 5) is 22.9. The second-order valence-electron chi connectivity index (χ2n) is 9.40. The van der Waals surface area contributed by atoms with Crippen molar-refractivity contribution >= 4 is 38.6 Å². The highest BCUT2D eigenvalue weighted by Crippen LogP contribution is 2.41. The second kappa shape index (κ2) is 10.4. The van der Waals surface area contributed by atoms with Gasteiger partial charge in [0, 0.05) is 29.1 Å². The third kappa shape index (κ3) is 5.87. The van der Waals surface area contributed by atoms with Gasteiger partial charge in [-0.25, -0.2) is 18.2 Å². The maximum absolute atomic E-state index is 12.8. The number of nitrogens with one attached hydrogen (secondary N) is 1. The van der Waals surface area contributed by atoms with Crippen LogP contribution in [-0.4, -0.2) is 35.4 Å². The number of urea groups is 1. The van der Waals surface area contributed by atoms with Crippen molar-refractivity contribution < 1.29 is 18.4 Å². The molecule has 0 bridgehead atoms. The maximum Gasteiger partial charge on any atom is 0.350 e. The normalized spacial score (nSPS) is 11.8. The number of aromatic nitrogens is 2. The fourth-order valence-electron chi connectivity index (χ4n) is 3.53. The first-order chi connectivity index (χ1) is 17.5. The van der Waals surface area contributed by atoms with Crippen LogP contribution in [-0.2, 0) is 15.3 Å². The number of benzene rings is 2. The van der Waals surface area contributed by atoms with E-state index in [0.717, 1.165) is 26.7 Å². The number of thiazole rings is 1. The number of pyridine rings is 1. The van der Waals surface area contributed by atoms with E-state index in [-0.39, 0.29) is 21.8 Å². The van der Waals surface area contributed by atoms with Crippen LogP contribution in [0.25, 0.3) is 21.7 Å². The lowest BCUT2D eigenvalue weighted by Crippen LogP contribution is -2.31. The molecule has 2 amide bonds. The molecule has 37 heavy (non-hydrogen) atoms. The third-order valence-corrected chi connectivity index (χ3v) is 8.89. The van der Waals surface area contributed by atoms with Gasteiger partial charge in [0.05, 0.1) is 31.9 Å². The summed E-state index contributed by atoms with van der Waals surface area (Å²) in [5, 5.41) is 14.7. The monoisotopic (exact) mass is 536 g/mol. The molecule has 192 valence electrons. The molecule has 0 radical (unpaired) electrons. The Hall–Kier alpha value is -3.60. The molecule has 4 rings (SSSR count). The lowest BCUT2D eigenvalue weighted by Gasteiger charge is -2.17. The zero-order chi connectivity index (χ0) is 26.8. The van der Waals surface area contributed by atoms with E-state index < -0.39 is 15.9 Å². The highest BCUT2D eigenvalue weighted by molar-refractivity contribution is 7.91. The fraction of sp³-hybridized carbons (Fsp3) is 0.222. The molecule has 0 aliphatic rings. The molecule has 0 fully saturated rings. The molecule has 2 aromatic carbocycles. The van der Waals surface area contributed by atoms with Crippen molar-refractivity contribution in [2.45, 2.75) is 38.0 Å². The molecule has 4 aromatic rings. The summed E-state index contributed by atoms with van der Waals surface area (Å²) in [6.07, 6.45) is 3.44. The number of amides is 2. The van der Waals surface area contributed by atoms with Gasteiger partial charge in [-0.2, -0.15) is 5.06 Å². The molecule has 8 nitrogen and oxygen atoms in total. The Morgan fingerprint density at radius 3 is 2.32 bits per heavy atom. The van der Waals surface area contributed by atoms with E-state index in [1.807, 2.05) is 18.2 Å². The predicted octanol–water partition coefficient (Wildman–Crippen LogP) is 6.39. The van der Waals surface area contributed by atoms with Gasteiger partial charge in [0.1, 0.15) is 0 Å². The molecule has 0 atom stereocenters. The number of hydrogen-bond donors (Lipinski definition) is 2. The quantitative estimate of drug-likeness (QED) is 0.218. The Morgan fingerprint density at radius 1 is 1.03 bits per heavy atom. The van der Waals surface area contributed by atoms with E-state index in [4.69, 9.17) is 4.98 Å². The minimum absolute atomic E-state index is 0.0145. The number of rotatable bonds is 6. The van der Waals surface area contributed by atoms with Crippen molar-refractivity contribution in [3.63, 3.8) is 0 Å². The van der Waals surface area contributed by atoms with Gasteiger partial charge < -0.3 is 5.32 Å². The zero-order valence-electron chi connectivity index (χ0n) is 21.0. The van der Waals surface area contributed by atoms with Crippen LogP contribution in [0.4, 0.5) is 16.2 Å². The summed E-state index contributed by atoms with van der Waals surface area (Å²) in [7, 11) is -3.35. The summed E-state index contributed by atoms with van der Waals surface area (Å²) >= 11 is 1.57. The Labute approximate surface area is 220 Å². The molecule has 0 saturated carbocycles. The molecule has 10 heteroatoms. The highest BCUT2D eigenvalue weighted by atomic mass is 32.2. The van der Waals surface area contributed by atoms with E-state index in [0.29, 0.717) is 10.8 Å². The molecule has 2 N–H and O–H groups in total. The van der Waals surface area contributed by atoms with Crippen LogP contribution in [0.3, 0.4) is 0 Å². The number of nitrogens with zero attached hydrogens (tertiary/aromatic N) is 3. The van der Waals surface area contributed by atoms with Gasteiger partial charge in [-0.3, -0.25) is 10.2 Å². The smallest absolute Gasteiger partial charge is 0.306 e. The van der Waals surface area contributed by atoms with Crippen molar-refractivity contribution in [2.24, 2.45) is 0 Å². The summed E-state index contributed by atoms with van der Waals surface area (Å²) < 4.78 is 24.0. The van der Waals surface area contributed by atoms with Crippen molar-refractivity contribution in [1.82, 2.24) is 9.97 Å². The van der Waals surface area contributed by atoms with Crippen LogP contribution < -0.4 is 10.4 Å². The summed E-state index contributed by atoms with van der Waals surface area (Å²) in [6.45, 7) is 7.88. The van der Waals surface area contributed by atoms with E-state index in [2.05, 4.69) is 31.1 Å². The lowest BCUT2D eigenvalue weighted by atomic mass is 9.98. The maximum atomic E-state index is 12.8. The van der Waals surface area contributed by atoms with Gasteiger partial charge >= 0.3 is 6.03 Å². The summed E-state index contributed by atoms with van der Waals surface area (Å²) in [5.41, 5.74) is 3.01. The Morgan fingerprint density at radius 2 is 1.70 bits per heavy atom. The molecule has 0 aliphatic heterocycles. The molecule has 0 unspecified atom stereocenters. The molecule has 0 saturated heterocycles. The van der Waals surface area contributed by atoms with E-state index >= 15 is 0 Å². The topological polar surface area (TPSA) is 112 Å². The first-order valence-electron chi connectivity index (χ1n) is 11.6. The van der Waals surface area contributed by atoms with Crippen molar-refractivity contribution in [3.05, 3.63) is 78.1 Å². The molecular formula is C27H28N4O4S2. The van der Waals surface area contributed by atoms with Crippen molar-refractivity contribution in [2.75, 3.05) is 16.1 Å². The highest BCUT2D eigenvalue weighted by Gasteiger charge is 2.24. The van der Waals surface area contributed by atoms with Crippen LogP contribution >= 0.6 is 11.3 Å². The van der Waals surface area contributed by atoms with Gasteiger partial charge in [0.15, 0.2) is 9.84 Å². The average Bonchev–Trinajstić information content (AvgIpc) is 3.36. The minimum atomic E-state index is -3.35. The van der Waals surface area contributed by atoms with Gasteiger partial charge in [0.25, 0.3) is 0 Å². The van der Waals surface area contributed by atoms with Crippen molar-refractivity contribution in [1.29, 1.82) is 0 Å². The number of carbonyl (C=O) groups excluding carboxylic acids is 1. The van der Waals surface area contributed by atoms with Crippen molar-refractivity contribution in [3.8, 4) is 21.7 Å². The lowest BCUT2D eigenvalue weighted by molar-refractivity contribution is 0.216. The van der Waals surface area contributed by atoms with Crippen LogP contribution in [0.2, 0.25) is 0 Å². The third-order valence-electron chi connectivity index (χ3n) is 5.61. The number of hydrogen-bond acceptors (Lipinski definition) is 7. The van der Waals surface area contributed by atoms with Gasteiger partial charge in [0.2, 0.25) is 0 Å². The summed E-state index contributed by atoms with van der Waals surface area (Å²) in [5.74, 6) is -0.0145. The van der Waals surface area contributed by atoms with Gasteiger partial charge in [-0.05, 0) is 54.1 Å². The summed E-state index contributed by atoms with van der Waals surface area (Å²) in [6, 6.07) is 15.9. The molecule has 0 spiro atoms. The minimum Gasteiger partial charge on any atom is -0.306 e. The molecule has 2 aromatic heterocycles. The molecule has 2 heterocycles. The van der Waals surface area contributed by atoms with E-state index in [1.54, 1.807) is 48.9 Å². The van der Waals surface area contributed by atoms with E-state index in [1.165, 1.54) is 24.3 Å². The number of hydroxylamine groups is 1. The average molecular weight is 537 g/mol. The SMILES string of the molecule is CCS(=O)(=O)c1ccc(NC(=O)N(O)c2cccc(-c3sc(C(C)(C)C)nc3-c3ccncc3)c2)cc1. The number of anilines is 2. The predicted molar refractivity (Wildman–Crippen MR) is 147 cm³/mol. The van der Waals surface area contributed by atoms with Crippen LogP contribution in [0.5, 0.6) is 0 Å². The first kappa shape index (κ1) is 26.5. The Kier molecular flexibility index (Phi) is 7.44. The van der Waals surface area contributed by atoms with Crippen LogP contribution in [0, 0.1) is 0 Å². The Balaban J connectivity index is 1.62. The van der Waals surface area contributed by atoms with Crippen LogP contribution in [0.1, 0.15) is 32.7 Å². The number of sulfone groups is 1. The first-order valence-corrected chi connectivity index (χ1v) is 14.1. The standard InChI is InChI=1S/C27H28N4O4S2/c1-5-37(34,35)22-11-9-20(10-12-22)29-26(32)31(33)21-8-6-7-19(17-21)24-23(18-13-15-28-16-14-18)30-25(36-24)27(2,3)4/h6-17,33H,5H2,1-4H3,(H,29,32). The fourth-order valence-corrected chi connectivity index (χ4v) is 5.55.